The molecular formula is C17H11F3N6O. The molecule has 1 aromatic carbocycles. The quantitative estimate of drug-likeness (QED) is 0.549. The zero-order valence-electron chi connectivity index (χ0n) is 13.8. The minimum absolute atomic E-state index is 0.127. The molecule has 0 fully saturated rings. The topological polar surface area (TPSA) is 78.1 Å². The summed E-state index contributed by atoms with van der Waals surface area (Å²) in [5.74, 6) is 0.246. The first-order valence-corrected chi connectivity index (χ1v) is 7.71. The maximum absolute atomic E-state index is 12.8. The predicted octanol–water partition coefficient (Wildman–Crippen LogP) is 3.28. The zero-order chi connectivity index (χ0) is 19.0. The van der Waals surface area contributed by atoms with Crippen molar-refractivity contribution in [3.05, 3.63) is 54.6 Å². The van der Waals surface area contributed by atoms with E-state index in [2.05, 4.69) is 25.3 Å². The highest BCUT2D eigenvalue weighted by Crippen LogP contribution is 2.29. The Morgan fingerprint density at radius 2 is 1.81 bits per heavy atom. The van der Waals surface area contributed by atoms with Crippen LogP contribution in [0.25, 0.3) is 28.2 Å². The van der Waals surface area contributed by atoms with Gasteiger partial charge in [0.05, 0.1) is 31.4 Å². The second-order valence-electron chi connectivity index (χ2n) is 5.56. The van der Waals surface area contributed by atoms with Gasteiger partial charge in [0.2, 0.25) is 5.88 Å². The minimum Gasteiger partial charge on any atom is -0.480 e. The lowest BCUT2D eigenvalue weighted by Gasteiger charge is -2.07. The van der Waals surface area contributed by atoms with E-state index in [1.807, 2.05) is 18.2 Å². The van der Waals surface area contributed by atoms with E-state index in [-0.39, 0.29) is 5.78 Å². The molecule has 3 heterocycles. The molecule has 0 amide bonds. The number of halogens is 3. The van der Waals surface area contributed by atoms with Crippen molar-refractivity contribution >= 4 is 5.78 Å². The number of methoxy groups -OCH3 is 1. The van der Waals surface area contributed by atoms with E-state index in [1.165, 1.54) is 17.8 Å². The van der Waals surface area contributed by atoms with E-state index >= 15 is 0 Å². The number of alkyl halides is 3. The van der Waals surface area contributed by atoms with Crippen LogP contribution < -0.4 is 4.74 Å². The van der Waals surface area contributed by atoms with E-state index in [0.717, 1.165) is 11.1 Å². The molecule has 0 aliphatic heterocycles. The lowest BCUT2D eigenvalue weighted by molar-refractivity contribution is -0.141. The van der Waals surface area contributed by atoms with Gasteiger partial charge >= 0.3 is 6.18 Å². The van der Waals surface area contributed by atoms with E-state index < -0.39 is 11.9 Å². The summed E-state index contributed by atoms with van der Waals surface area (Å²) in [6.07, 6.45) is -0.876. The number of aromatic nitrogens is 6. The third kappa shape index (κ3) is 3.16. The fourth-order valence-electron chi connectivity index (χ4n) is 2.57. The molecule has 136 valence electrons. The number of ether oxygens (including phenoxy) is 1. The number of imidazole rings is 1. The summed E-state index contributed by atoms with van der Waals surface area (Å²) in [6.45, 7) is 0. The maximum Gasteiger partial charge on any atom is 0.435 e. The van der Waals surface area contributed by atoms with Crippen molar-refractivity contribution in [2.45, 2.75) is 6.18 Å². The van der Waals surface area contributed by atoms with Crippen molar-refractivity contribution in [3.63, 3.8) is 0 Å². The Morgan fingerprint density at radius 3 is 2.59 bits per heavy atom. The Balaban J connectivity index is 1.78. The Morgan fingerprint density at radius 1 is 1.00 bits per heavy atom. The van der Waals surface area contributed by atoms with Crippen LogP contribution in [0.1, 0.15) is 5.69 Å². The first-order chi connectivity index (χ1) is 13.0. The maximum atomic E-state index is 12.8. The lowest BCUT2D eigenvalue weighted by Crippen LogP contribution is -2.11. The number of hydrogen-bond acceptors (Lipinski definition) is 6. The number of nitrogens with zero attached hydrogens (tertiary/aromatic N) is 6. The molecule has 3 aromatic heterocycles. The van der Waals surface area contributed by atoms with Gasteiger partial charge in [0, 0.05) is 17.2 Å². The molecule has 0 radical (unpaired) electrons. The largest absolute Gasteiger partial charge is 0.480 e. The monoisotopic (exact) mass is 372 g/mol. The first kappa shape index (κ1) is 16.9. The summed E-state index contributed by atoms with van der Waals surface area (Å²) in [7, 11) is 1.50. The number of hydrogen-bond donors (Lipinski definition) is 0. The molecule has 7 nitrogen and oxygen atoms in total. The molecule has 0 saturated carbocycles. The third-order valence-corrected chi connectivity index (χ3v) is 3.86. The van der Waals surface area contributed by atoms with Crippen LogP contribution in [-0.2, 0) is 6.18 Å². The van der Waals surface area contributed by atoms with Crippen molar-refractivity contribution in [1.82, 2.24) is 29.8 Å². The van der Waals surface area contributed by atoms with Crippen LogP contribution in [0.15, 0.2) is 48.9 Å². The van der Waals surface area contributed by atoms with Crippen LogP contribution >= 0.6 is 0 Å². The number of fused-ring (bicyclic) bond motifs is 1. The van der Waals surface area contributed by atoms with Gasteiger partial charge in [0.1, 0.15) is 0 Å². The molecule has 0 spiro atoms. The lowest BCUT2D eigenvalue weighted by atomic mass is 10.0. The van der Waals surface area contributed by atoms with Crippen molar-refractivity contribution in [3.8, 4) is 28.3 Å². The second-order valence-corrected chi connectivity index (χ2v) is 5.56. The van der Waals surface area contributed by atoms with E-state index in [1.54, 1.807) is 18.3 Å². The SMILES string of the molecule is COc1cc(-c2cccc(-c3cnc4nc(C(F)(F)F)cnn34)c2)cnn1. The van der Waals surface area contributed by atoms with E-state index in [9.17, 15) is 13.2 Å². The highest BCUT2D eigenvalue weighted by molar-refractivity contribution is 5.72. The van der Waals surface area contributed by atoms with Crippen LogP contribution in [-0.4, -0.2) is 36.9 Å². The minimum atomic E-state index is -4.58. The molecule has 0 atom stereocenters. The summed E-state index contributed by atoms with van der Waals surface area (Å²) >= 11 is 0. The molecule has 4 rings (SSSR count). The summed E-state index contributed by atoms with van der Waals surface area (Å²) in [4.78, 5) is 7.47. The molecule has 27 heavy (non-hydrogen) atoms. The molecule has 0 aliphatic carbocycles. The molecule has 0 saturated heterocycles. The van der Waals surface area contributed by atoms with Gasteiger partial charge in [-0.1, -0.05) is 18.2 Å². The zero-order valence-corrected chi connectivity index (χ0v) is 13.8. The summed E-state index contributed by atoms with van der Waals surface area (Å²) in [5, 5.41) is 11.6. The Bertz CT molecular complexity index is 1130. The molecule has 10 heteroatoms. The van der Waals surface area contributed by atoms with E-state index in [0.29, 0.717) is 23.3 Å². The van der Waals surface area contributed by atoms with E-state index in [4.69, 9.17) is 4.74 Å². The fourth-order valence-corrected chi connectivity index (χ4v) is 2.57. The summed E-state index contributed by atoms with van der Waals surface area (Å²) < 4.78 is 44.7. The van der Waals surface area contributed by atoms with Crippen LogP contribution in [0.2, 0.25) is 0 Å². The van der Waals surface area contributed by atoms with Crippen molar-refractivity contribution in [1.29, 1.82) is 0 Å². The van der Waals surface area contributed by atoms with Crippen LogP contribution in [0.5, 0.6) is 5.88 Å². The first-order valence-electron chi connectivity index (χ1n) is 7.71. The molecule has 0 unspecified atom stereocenters. The fraction of sp³-hybridized carbons (Fsp3) is 0.118. The normalized spacial score (nSPS) is 11.7. The summed E-state index contributed by atoms with van der Waals surface area (Å²) in [5.41, 5.74) is 1.75. The summed E-state index contributed by atoms with van der Waals surface area (Å²) in [6, 6.07) is 9.07. The molecule has 0 aliphatic rings. The van der Waals surface area contributed by atoms with Gasteiger partial charge in [-0.3, -0.25) is 0 Å². The third-order valence-electron chi connectivity index (χ3n) is 3.86. The van der Waals surface area contributed by atoms with Crippen molar-refractivity contribution in [2.75, 3.05) is 7.11 Å². The average molecular weight is 372 g/mol. The van der Waals surface area contributed by atoms with Gasteiger partial charge in [-0.15, -0.1) is 5.10 Å². The number of rotatable bonds is 3. The highest BCUT2D eigenvalue weighted by atomic mass is 19.4. The second kappa shape index (κ2) is 6.31. The molecule has 0 bridgehead atoms. The van der Waals surface area contributed by atoms with Crippen molar-refractivity contribution < 1.29 is 17.9 Å². The highest BCUT2D eigenvalue weighted by Gasteiger charge is 2.33. The van der Waals surface area contributed by atoms with Gasteiger partial charge in [0.25, 0.3) is 5.78 Å². The molecule has 0 N–H and O–H groups in total. The molecule has 4 aromatic rings. The van der Waals surface area contributed by atoms with Crippen LogP contribution in [0, 0.1) is 0 Å². The van der Waals surface area contributed by atoms with Gasteiger partial charge in [-0.05, 0) is 11.6 Å². The Hall–Kier alpha value is -3.56. The van der Waals surface area contributed by atoms with Crippen LogP contribution in [0.4, 0.5) is 13.2 Å². The van der Waals surface area contributed by atoms with Gasteiger partial charge in [0.15, 0.2) is 5.69 Å². The van der Waals surface area contributed by atoms with Gasteiger partial charge in [-0.25, -0.2) is 9.97 Å². The average Bonchev–Trinajstić information content (AvgIpc) is 3.11. The van der Waals surface area contributed by atoms with Crippen molar-refractivity contribution in [2.24, 2.45) is 0 Å². The smallest absolute Gasteiger partial charge is 0.435 e. The standard InChI is InChI=1S/C17H11F3N6O/c1-27-15-6-12(7-22-25-15)10-3-2-4-11(5-10)13-8-21-16-24-14(17(18,19)20)9-23-26(13)16/h2-9H,1H3. The Labute approximate surface area is 150 Å². The number of benzene rings is 1. The predicted molar refractivity (Wildman–Crippen MR) is 88.8 cm³/mol. The van der Waals surface area contributed by atoms with Crippen LogP contribution in [0.3, 0.4) is 0 Å². The molecular weight excluding hydrogens is 361 g/mol. The van der Waals surface area contributed by atoms with Gasteiger partial charge < -0.3 is 4.74 Å². The Kier molecular flexibility index (Phi) is 3.94. The van der Waals surface area contributed by atoms with Gasteiger partial charge in [-0.2, -0.15) is 27.9 Å².